The Labute approximate surface area is 205 Å². The highest BCUT2D eigenvalue weighted by Crippen LogP contribution is 2.37. The number of carbonyl (C=O) groups is 2. The van der Waals surface area contributed by atoms with E-state index < -0.39 is 23.2 Å². The molecular weight excluding hydrogens is 475 g/mol. The van der Waals surface area contributed by atoms with Crippen LogP contribution in [-0.4, -0.2) is 55.0 Å². The van der Waals surface area contributed by atoms with Crippen molar-refractivity contribution in [1.29, 1.82) is 0 Å². The Bertz CT molecular complexity index is 1350. The van der Waals surface area contributed by atoms with Crippen molar-refractivity contribution in [1.82, 2.24) is 15.2 Å². The zero-order valence-electron chi connectivity index (χ0n) is 19.8. The summed E-state index contributed by atoms with van der Waals surface area (Å²) in [6.07, 6.45) is -3.93. The van der Waals surface area contributed by atoms with E-state index in [1.807, 2.05) is 19.0 Å². The lowest BCUT2D eigenvalue weighted by atomic mass is 9.93. The lowest BCUT2D eigenvalue weighted by Crippen LogP contribution is -2.31. The summed E-state index contributed by atoms with van der Waals surface area (Å²) in [5.41, 5.74) is -0.844. The Kier molecular flexibility index (Phi) is 7.16. The number of carbonyl (C=O) groups excluding carboxylic acids is 2. The third-order valence-corrected chi connectivity index (χ3v) is 6.19. The molecule has 0 radical (unpaired) electrons. The van der Waals surface area contributed by atoms with Gasteiger partial charge in [0.15, 0.2) is 0 Å². The molecule has 2 atom stereocenters. The van der Waals surface area contributed by atoms with Gasteiger partial charge in [0.05, 0.1) is 23.9 Å². The number of ether oxygens (including phenoxy) is 1. The molecule has 4 rings (SSSR count). The van der Waals surface area contributed by atoms with Gasteiger partial charge >= 0.3 is 12.1 Å². The predicted octanol–water partition coefficient (Wildman–Crippen LogP) is 3.68. The summed E-state index contributed by atoms with van der Waals surface area (Å²) in [6, 6.07) is 11.1. The number of aromatic amines is 1. The molecule has 36 heavy (non-hydrogen) atoms. The van der Waals surface area contributed by atoms with Gasteiger partial charge in [-0.25, -0.2) is 0 Å². The van der Waals surface area contributed by atoms with E-state index in [2.05, 4.69) is 10.3 Å². The van der Waals surface area contributed by atoms with E-state index in [1.165, 1.54) is 24.3 Å². The van der Waals surface area contributed by atoms with E-state index in [0.717, 1.165) is 6.07 Å². The Morgan fingerprint density at radius 1 is 1.11 bits per heavy atom. The molecular formula is C26H26F3N3O4. The first-order valence-corrected chi connectivity index (χ1v) is 11.5. The maximum Gasteiger partial charge on any atom is 0.417 e. The van der Waals surface area contributed by atoms with Crippen LogP contribution in [0, 0.1) is 0 Å². The number of hydrogen-bond acceptors (Lipinski definition) is 5. The summed E-state index contributed by atoms with van der Waals surface area (Å²) >= 11 is 0. The summed E-state index contributed by atoms with van der Waals surface area (Å²) in [5.74, 6) is -1.12. The molecule has 2 aromatic carbocycles. The minimum atomic E-state index is -4.57. The third-order valence-electron chi connectivity index (χ3n) is 6.19. The number of benzene rings is 2. The van der Waals surface area contributed by atoms with E-state index in [0.29, 0.717) is 23.9 Å². The SMILES string of the molecule is CN(C)CCC(=O)OC[C@H]1C[C@H](c2ccc3cc(-c4ccccc4C(F)(F)F)[nH]c(=O)c3c2)C(=O)N1. The van der Waals surface area contributed by atoms with Gasteiger partial charge in [-0.3, -0.25) is 14.4 Å². The van der Waals surface area contributed by atoms with Crippen molar-refractivity contribution in [2.75, 3.05) is 27.2 Å². The Hall–Kier alpha value is -3.66. The lowest BCUT2D eigenvalue weighted by molar-refractivity contribution is -0.144. The zero-order chi connectivity index (χ0) is 26.0. The predicted molar refractivity (Wildman–Crippen MR) is 128 cm³/mol. The number of halogens is 3. The van der Waals surface area contributed by atoms with Gasteiger partial charge < -0.3 is 19.9 Å². The molecule has 1 saturated heterocycles. The molecule has 10 heteroatoms. The zero-order valence-corrected chi connectivity index (χ0v) is 19.8. The van der Waals surface area contributed by atoms with Crippen LogP contribution in [0.4, 0.5) is 13.2 Å². The highest BCUT2D eigenvalue weighted by atomic mass is 19.4. The molecule has 1 aliphatic heterocycles. The number of aromatic nitrogens is 1. The van der Waals surface area contributed by atoms with Gasteiger partial charge in [0, 0.05) is 23.2 Å². The molecule has 2 heterocycles. The van der Waals surface area contributed by atoms with Gasteiger partial charge in [0.2, 0.25) is 5.91 Å². The van der Waals surface area contributed by atoms with Crippen LogP contribution in [0.3, 0.4) is 0 Å². The van der Waals surface area contributed by atoms with Gasteiger partial charge in [0.1, 0.15) is 6.61 Å². The smallest absolute Gasteiger partial charge is 0.417 e. The number of alkyl halides is 3. The molecule has 1 amide bonds. The summed E-state index contributed by atoms with van der Waals surface area (Å²) in [6.45, 7) is 0.623. The van der Waals surface area contributed by atoms with Gasteiger partial charge in [-0.05, 0) is 49.7 Å². The summed E-state index contributed by atoms with van der Waals surface area (Å²) in [4.78, 5) is 41.7. The number of rotatable bonds is 7. The van der Waals surface area contributed by atoms with Crippen molar-refractivity contribution < 1.29 is 27.5 Å². The van der Waals surface area contributed by atoms with Crippen LogP contribution < -0.4 is 10.9 Å². The normalized spacial score (nSPS) is 18.0. The molecule has 7 nitrogen and oxygen atoms in total. The molecule has 0 unspecified atom stereocenters. The highest BCUT2D eigenvalue weighted by Gasteiger charge is 2.35. The number of fused-ring (bicyclic) bond motifs is 1. The molecule has 1 aliphatic rings. The molecule has 3 aromatic rings. The molecule has 1 aromatic heterocycles. The van der Waals surface area contributed by atoms with Crippen molar-refractivity contribution in [3.8, 4) is 11.3 Å². The van der Waals surface area contributed by atoms with Crippen molar-refractivity contribution >= 4 is 22.6 Å². The van der Waals surface area contributed by atoms with Gasteiger partial charge in [-0.2, -0.15) is 13.2 Å². The fraction of sp³-hybridized carbons (Fsp3) is 0.346. The number of hydrogen-bond donors (Lipinski definition) is 2. The third kappa shape index (κ3) is 5.59. The molecule has 0 saturated carbocycles. The standard InChI is InChI=1S/C26H26F3N3O4/c1-32(2)10-9-23(33)36-14-17-13-20(24(34)30-17)15-7-8-16-12-22(31-25(35)19(16)11-15)18-5-3-4-6-21(18)26(27,28)29/h3-8,11-12,17,20H,9-10,13-14H2,1-2H3,(H,30,34)(H,31,35)/t17-,20-/m1/s1. The first kappa shape index (κ1) is 25.4. The maximum atomic E-state index is 13.5. The maximum absolute atomic E-state index is 13.5. The van der Waals surface area contributed by atoms with Gasteiger partial charge in [-0.15, -0.1) is 0 Å². The molecule has 2 N–H and O–H groups in total. The first-order chi connectivity index (χ1) is 17.0. The second kappa shape index (κ2) is 10.1. The van der Waals surface area contributed by atoms with Crippen LogP contribution >= 0.6 is 0 Å². The number of H-pyrrole nitrogens is 1. The van der Waals surface area contributed by atoms with E-state index in [-0.39, 0.29) is 47.6 Å². The Morgan fingerprint density at radius 2 is 1.86 bits per heavy atom. The Morgan fingerprint density at radius 3 is 2.58 bits per heavy atom. The number of nitrogens with one attached hydrogen (secondary N) is 2. The molecule has 1 fully saturated rings. The molecule has 190 valence electrons. The van der Waals surface area contributed by atoms with E-state index in [1.54, 1.807) is 18.2 Å². The second-order valence-corrected chi connectivity index (χ2v) is 9.13. The largest absolute Gasteiger partial charge is 0.463 e. The minimum Gasteiger partial charge on any atom is -0.463 e. The van der Waals surface area contributed by atoms with Crippen LogP contribution in [0.15, 0.2) is 53.3 Å². The molecule has 0 spiro atoms. The van der Waals surface area contributed by atoms with Crippen LogP contribution in [0.2, 0.25) is 0 Å². The first-order valence-electron chi connectivity index (χ1n) is 11.5. The number of amides is 1. The van der Waals surface area contributed by atoms with Gasteiger partial charge in [-0.1, -0.05) is 30.3 Å². The summed E-state index contributed by atoms with van der Waals surface area (Å²) in [7, 11) is 3.71. The van der Waals surface area contributed by atoms with Crippen LogP contribution in [0.1, 0.15) is 29.9 Å². The van der Waals surface area contributed by atoms with Crippen molar-refractivity contribution in [2.45, 2.75) is 31.0 Å². The monoisotopic (exact) mass is 501 g/mol. The van der Waals surface area contributed by atoms with Crippen LogP contribution in [0.5, 0.6) is 0 Å². The van der Waals surface area contributed by atoms with E-state index >= 15 is 0 Å². The lowest BCUT2D eigenvalue weighted by Gasteiger charge is -2.14. The fourth-order valence-electron chi connectivity index (χ4n) is 4.33. The van der Waals surface area contributed by atoms with Crippen molar-refractivity contribution in [2.24, 2.45) is 0 Å². The van der Waals surface area contributed by atoms with E-state index in [9.17, 15) is 27.6 Å². The topological polar surface area (TPSA) is 91.5 Å². The summed E-state index contributed by atoms with van der Waals surface area (Å²) < 4.78 is 45.6. The highest BCUT2D eigenvalue weighted by molar-refractivity contribution is 5.90. The summed E-state index contributed by atoms with van der Waals surface area (Å²) in [5, 5.41) is 3.55. The number of esters is 1. The number of pyridine rings is 1. The minimum absolute atomic E-state index is 0.0583. The van der Waals surface area contributed by atoms with Crippen LogP contribution in [0.25, 0.3) is 22.0 Å². The quantitative estimate of drug-likeness (QED) is 0.482. The molecule has 0 bridgehead atoms. The molecule has 0 aliphatic carbocycles. The van der Waals surface area contributed by atoms with Crippen LogP contribution in [-0.2, 0) is 20.5 Å². The average molecular weight is 502 g/mol. The Balaban J connectivity index is 1.54. The second-order valence-electron chi connectivity index (χ2n) is 9.13. The van der Waals surface area contributed by atoms with Crippen molar-refractivity contribution in [3.63, 3.8) is 0 Å². The fourth-order valence-corrected chi connectivity index (χ4v) is 4.33. The van der Waals surface area contributed by atoms with Crippen molar-refractivity contribution in [3.05, 3.63) is 70.0 Å². The average Bonchev–Trinajstić information content (AvgIpc) is 3.21. The van der Waals surface area contributed by atoms with Gasteiger partial charge in [0.25, 0.3) is 5.56 Å². The van der Waals surface area contributed by atoms with E-state index in [4.69, 9.17) is 4.74 Å². The number of nitrogens with zero attached hydrogens (tertiary/aromatic N) is 1.